The predicted molar refractivity (Wildman–Crippen MR) is 288 cm³/mol. The van der Waals surface area contributed by atoms with Crippen molar-refractivity contribution in [2.45, 2.75) is 154 Å². The summed E-state index contributed by atoms with van der Waals surface area (Å²) < 4.78 is 0. The summed E-state index contributed by atoms with van der Waals surface area (Å²) in [6.45, 7) is 30.2. The first-order valence-electron chi connectivity index (χ1n) is 24.4. The molecule has 0 radical (unpaired) electrons. The Morgan fingerprint density at radius 3 is 1.70 bits per heavy atom. The van der Waals surface area contributed by atoms with Crippen LogP contribution in [0.15, 0.2) is 175 Å². The number of hydrogen-bond donors (Lipinski definition) is 0. The summed E-state index contributed by atoms with van der Waals surface area (Å²) in [6.07, 6.45) is 25.0. The Morgan fingerprint density at radius 1 is 0.571 bits per heavy atom. The Balaban J connectivity index is 0.000000506. The average Bonchev–Trinajstić information content (AvgIpc) is 3.33. The largest absolute Gasteiger partial charge is 0.0853 e. The number of rotatable bonds is 12. The van der Waals surface area contributed by atoms with Gasteiger partial charge in [0.1, 0.15) is 0 Å². The van der Waals surface area contributed by atoms with Crippen molar-refractivity contribution in [3.8, 4) is 22.3 Å². The first kappa shape index (κ1) is 55.8. The SMILES string of the molecule is CC.CC.CC/C=C\C=C/C/C(=C/CC)CC.CCC(C)c1cc(-c2cccc(C)c2-c2ccccc2C)ccc1C1=CCCC=C1C.CCc1ccccc1.Cc1ccccc1. The lowest BCUT2D eigenvalue weighted by atomic mass is 9.82. The third-order valence-corrected chi connectivity index (χ3v) is 11.0. The molecule has 0 heterocycles. The monoisotopic (exact) mass is 843 g/mol. The summed E-state index contributed by atoms with van der Waals surface area (Å²) in [5.41, 5.74) is 18.0. The van der Waals surface area contributed by atoms with Crippen molar-refractivity contribution < 1.29 is 0 Å². The molecule has 0 bridgehead atoms. The third kappa shape index (κ3) is 20.2. The van der Waals surface area contributed by atoms with E-state index < -0.39 is 0 Å². The molecule has 1 aliphatic rings. The van der Waals surface area contributed by atoms with E-state index in [1.807, 2.05) is 52.0 Å². The van der Waals surface area contributed by atoms with Crippen LogP contribution in [0.5, 0.6) is 0 Å². The molecule has 0 saturated heterocycles. The molecule has 5 aromatic rings. The highest BCUT2D eigenvalue weighted by Gasteiger charge is 2.18. The van der Waals surface area contributed by atoms with E-state index in [9.17, 15) is 0 Å². The highest BCUT2D eigenvalue weighted by atomic mass is 14.2. The molecule has 1 aliphatic carbocycles. The smallest absolute Gasteiger partial charge is 0.00735 e. The van der Waals surface area contributed by atoms with Gasteiger partial charge in [-0.1, -0.05) is 244 Å². The molecule has 0 nitrogen and oxygen atoms in total. The van der Waals surface area contributed by atoms with Gasteiger partial charge in [-0.3, -0.25) is 0 Å². The Hall–Kier alpha value is -5.20. The van der Waals surface area contributed by atoms with E-state index in [0.29, 0.717) is 5.92 Å². The molecule has 0 aliphatic heterocycles. The highest BCUT2D eigenvalue weighted by Crippen LogP contribution is 2.40. The molecule has 5 aromatic carbocycles. The lowest BCUT2D eigenvalue weighted by Gasteiger charge is -2.22. The fourth-order valence-corrected chi connectivity index (χ4v) is 7.26. The lowest BCUT2D eigenvalue weighted by molar-refractivity contribution is 0.731. The number of benzene rings is 5. The van der Waals surface area contributed by atoms with Crippen molar-refractivity contribution in [1.82, 2.24) is 0 Å². The van der Waals surface area contributed by atoms with Crippen LogP contribution in [0.4, 0.5) is 0 Å². The predicted octanol–water partition coefficient (Wildman–Crippen LogP) is 20.2. The van der Waals surface area contributed by atoms with Crippen molar-refractivity contribution in [2.24, 2.45) is 0 Å². The Morgan fingerprint density at radius 2 is 1.16 bits per heavy atom. The maximum atomic E-state index is 2.46. The minimum absolute atomic E-state index is 0.525. The maximum Gasteiger partial charge on any atom is -0.00735 e. The molecule has 6 rings (SSSR count). The van der Waals surface area contributed by atoms with Crippen molar-refractivity contribution in [3.63, 3.8) is 0 Å². The first-order valence-corrected chi connectivity index (χ1v) is 24.4. The van der Waals surface area contributed by atoms with Crippen molar-refractivity contribution in [3.05, 3.63) is 208 Å². The van der Waals surface area contributed by atoms with E-state index in [4.69, 9.17) is 0 Å². The van der Waals surface area contributed by atoms with E-state index in [1.165, 1.54) is 73.2 Å². The maximum absolute atomic E-state index is 2.46. The molecule has 1 unspecified atom stereocenters. The van der Waals surface area contributed by atoms with E-state index in [1.54, 1.807) is 5.57 Å². The molecule has 0 saturated carbocycles. The quantitative estimate of drug-likeness (QED) is 0.0867. The van der Waals surface area contributed by atoms with Crippen LogP contribution in [-0.4, -0.2) is 0 Å². The van der Waals surface area contributed by atoms with Crippen LogP contribution in [0.2, 0.25) is 0 Å². The van der Waals surface area contributed by atoms with Crippen LogP contribution < -0.4 is 0 Å². The van der Waals surface area contributed by atoms with Crippen molar-refractivity contribution in [2.75, 3.05) is 0 Å². The summed E-state index contributed by atoms with van der Waals surface area (Å²) in [6, 6.07) is 43.3. The molecule has 0 amide bonds. The zero-order chi connectivity index (χ0) is 46.8. The van der Waals surface area contributed by atoms with E-state index in [2.05, 4.69) is 209 Å². The second-order valence-corrected chi connectivity index (χ2v) is 15.6. The molecule has 1 atom stereocenters. The second kappa shape index (κ2) is 34.3. The average molecular weight is 843 g/mol. The Bertz CT molecular complexity index is 2100. The second-order valence-electron chi connectivity index (χ2n) is 15.6. The molecule has 0 heteroatoms. The summed E-state index contributed by atoms with van der Waals surface area (Å²) in [7, 11) is 0. The molecule has 0 fully saturated rings. The van der Waals surface area contributed by atoms with Crippen LogP contribution in [0.3, 0.4) is 0 Å². The number of allylic oxidation sites excluding steroid dienone is 10. The molecule has 0 spiro atoms. The highest BCUT2D eigenvalue weighted by molar-refractivity contribution is 5.89. The Labute approximate surface area is 388 Å². The fourth-order valence-electron chi connectivity index (χ4n) is 7.26. The normalized spacial score (nSPS) is 12.3. The van der Waals surface area contributed by atoms with Crippen molar-refractivity contribution in [1.29, 1.82) is 0 Å². The van der Waals surface area contributed by atoms with E-state index >= 15 is 0 Å². The topological polar surface area (TPSA) is 0 Å². The number of aryl methyl sites for hydroxylation is 4. The van der Waals surface area contributed by atoms with Gasteiger partial charge in [-0.2, -0.15) is 0 Å². The summed E-state index contributed by atoms with van der Waals surface area (Å²) in [5, 5.41) is 0. The minimum Gasteiger partial charge on any atom is -0.0853 e. The van der Waals surface area contributed by atoms with Gasteiger partial charge in [0.25, 0.3) is 0 Å². The molecular weight excluding hydrogens is 757 g/mol. The van der Waals surface area contributed by atoms with Gasteiger partial charge in [-0.25, -0.2) is 0 Å². The molecule has 0 aromatic heterocycles. The minimum atomic E-state index is 0.525. The zero-order valence-electron chi connectivity index (χ0n) is 42.3. The Kier molecular flexibility index (Phi) is 30.4. The van der Waals surface area contributed by atoms with Crippen LogP contribution in [0, 0.1) is 20.8 Å². The van der Waals surface area contributed by atoms with Crippen LogP contribution in [0.1, 0.15) is 160 Å². The van der Waals surface area contributed by atoms with Gasteiger partial charge < -0.3 is 0 Å². The summed E-state index contributed by atoms with van der Waals surface area (Å²) >= 11 is 0. The van der Waals surface area contributed by atoms with Crippen LogP contribution in [-0.2, 0) is 6.42 Å². The van der Waals surface area contributed by atoms with Gasteiger partial charge in [-0.15, -0.1) is 0 Å². The van der Waals surface area contributed by atoms with Gasteiger partial charge in [0, 0.05) is 0 Å². The molecule has 0 N–H and O–H groups in total. The number of hydrogen-bond acceptors (Lipinski definition) is 0. The third-order valence-electron chi connectivity index (χ3n) is 11.0. The van der Waals surface area contributed by atoms with Gasteiger partial charge in [0.15, 0.2) is 0 Å². The van der Waals surface area contributed by atoms with Crippen molar-refractivity contribution >= 4 is 5.57 Å². The molecule has 63 heavy (non-hydrogen) atoms. The van der Waals surface area contributed by atoms with Crippen LogP contribution in [0.25, 0.3) is 27.8 Å². The van der Waals surface area contributed by atoms with Crippen LogP contribution >= 0.6 is 0 Å². The van der Waals surface area contributed by atoms with E-state index in [0.717, 1.165) is 44.9 Å². The van der Waals surface area contributed by atoms with Gasteiger partial charge in [0.2, 0.25) is 0 Å². The summed E-state index contributed by atoms with van der Waals surface area (Å²) in [4.78, 5) is 0. The van der Waals surface area contributed by atoms with Gasteiger partial charge >= 0.3 is 0 Å². The van der Waals surface area contributed by atoms with Gasteiger partial charge in [-0.05, 0) is 146 Å². The summed E-state index contributed by atoms with van der Waals surface area (Å²) in [5.74, 6) is 0.525. The fraction of sp³-hybridized carbons (Fsp3) is 0.365. The van der Waals surface area contributed by atoms with Gasteiger partial charge in [0.05, 0.1) is 0 Å². The molecular formula is C63H86. The molecule has 338 valence electrons. The first-order chi connectivity index (χ1) is 30.7. The zero-order valence-corrected chi connectivity index (χ0v) is 42.3. The van der Waals surface area contributed by atoms with E-state index in [-0.39, 0.29) is 0 Å². The lowest BCUT2D eigenvalue weighted by Crippen LogP contribution is -2.02. The standard InChI is InChI=1S/C31H34.C13H22.C8H10.C7H8.2C2H6/c1-6-21(2)30-20-25(18-19-29(30)26-15-9-7-12-22(26)3)28-17-11-14-24(5)31(28)27-16-10-8-13-23(27)4;1-4-7-8-9-10-12-13(6-3)11-5-2;1-2-8-6-4-3-5-7-8;1-7-5-3-2-4-6-7;2*1-2/h8,10-21H,6-7,9H2,1-5H3;7-11H,4-6,12H2,1-3H3;3-7H,2H2,1H3;2-6H,1H3;2*1-2H3/b;8-7-,10-9-,13-11+;;;;.